The van der Waals surface area contributed by atoms with Crippen molar-refractivity contribution in [3.8, 4) is 11.5 Å². The molecule has 8 heteroatoms. The van der Waals surface area contributed by atoms with Gasteiger partial charge in [0.2, 0.25) is 0 Å². The Morgan fingerprint density at radius 3 is 2.30 bits per heavy atom. The molecule has 4 nitrogen and oxygen atoms in total. The summed E-state index contributed by atoms with van der Waals surface area (Å²) in [7, 11) is 0. The monoisotopic (exact) mass is 294 g/mol. The number of carboxylic acid groups (broad SMARTS) is 1. The minimum absolute atomic E-state index is 0.0807. The topological polar surface area (TPSA) is 55.8 Å². The van der Waals surface area contributed by atoms with Crippen LogP contribution in [0.1, 0.15) is 18.4 Å². The molecule has 1 aliphatic rings. The Kier molecular flexibility index (Phi) is 3.49. The van der Waals surface area contributed by atoms with Crippen molar-refractivity contribution in [3.05, 3.63) is 23.8 Å². The summed E-state index contributed by atoms with van der Waals surface area (Å²) in [6, 6.07) is 3.62. The summed E-state index contributed by atoms with van der Waals surface area (Å²) in [4.78, 5) is 10.4. The predicted molar refractivity (Wildman–Crippen MR) is 58.2 cm³/mol. The fraction of sp³-hybridized carbons (Fsp3) is 0.417. The van der Waals surface area contributed by atoms with Crippen molar-refractivity contribution in [2.24, 2.45) is 0 Å². The van der Waals surface area contributed by atoms with E-state index in [0.717, 1.165) is 12.1 Å². The van der Waals surface area contributed by atoms with Crippen LogP contribution >= 0.6 is 0 Å². The highest BCUT2D eigenvalue weighted by Gasteiger charge is 2.65. The van der Waals surface area contributed by atoms with Gasteiger partial charge in [-0.1, -0.05) is 6.07 Å². The number of aryl methyl sites for hydroxylation is 1. The first-order chi connectivity index (χ1) is 9.21. The first-order valence-corrected chi connectivity index (χ1v) is 5.70. The third kappa shape index (κ3) is 2.78. The largest absolute Gasteiger partial charge is 0.507 e. The normalized spacial score (nSPS) is 18.6. The van der Waals surface area contributed by atoms with Gasteiger partial charge in [-0.15, -0.1) is 0 Å². The molecule has 0 saturated heterocycles. The van der Waals surface area contributed by atoms with Crippen LogP contribution in [0.2, 0.25) is 0 Å². The number of fused-ring (bicyclic) bond motifs is 1. The Labute approximate surface area is 110 Å². The van der Waals surface area contributed by atoms with E-state index < -0.39 is 29.7 Å². The van der Waals surface area contributed by atoms with Gasteiger partial charge in [0.05, 0.1) is 0 Å². The van der Waals surface area contributed by atoms with Gasteiger partial charge in [0, 0.05) is 6.42 Å². The molecule has 0 amide bonds. The van der Waals surface area contributed by atoms with Crippen LogP contribution in [0.3, 0.4) is 0 Å². The number of aliphatic carboxylic acids is 1. The van der Waals surface area contributed by atoms with Crippen LogP contribution in [0.15, 0.2) is 18.2 Å². The molecule has 1 aliphatic heterocycles. The minimum atomic E-state index is -4.75. The highest BCUT2D eigenvalue weighted by atomic mass is 19.3. The number of alkyl halides is 4. The summed E-state index contributed by atoms with van der Waals surface area (Å²) in [5.41, 5.74) is 0.495. The number of carboxylic acids is 1. The smallest absolute Gasteiger partial charge is 0.481 e. The molecule has 2 rings (SSSR count). The summed E-state index contributed by atoms with van der Waals surface area (Å²) in [6.45, 7) is 0. The van der Waals surface area contributed by atoms with Crippen LogP contribution in [-0.2, 0) is 11.2 Å². The molecule has 0 aliphatic carbocycles. The van der Waals surface area contributed by atoms with Crippen LogP contribution in [0, 0.1) is 0 Å². The number of ether oxygens (including phenoxy) is 2. The molecular formula is C12H10F4O4. The summed E-state index contributed by atoms with van der Waals surface area (Å²) in [5, 5.41) is 8.48. The zero-order valence-corrected chi connectivity index (χ0v) is 10.0. The van der Waals surface area contributed by atoms with Crippen molar-refractivity contribution in [2.75, 3.05) is 0 Å². The highest BCUT2D eigenvalue weighted by molar-refractivity contribution is 5.66. The Morgan fingerprint density at radius 1 is 1.10 bits per heavy atom. The van der Waals surface area contributed by atoms with Crippen molar-refractivity contribution < 1.29 is 36.9 Å². The van der Waals surface area contributed by atoms with Crippen LogP contribution in [0.4, 0.5) is 17.6 Å². The van der Waals surface area contributed by atoms with Crippen molar-refractivity contribution >= 4 is 5.97 Å². The van der Waals surface area contributed by atoms with Gasteiger partial charge in [-0.05, 0) is 30.5 Å². The summed E-state index contributed by atoms with van der Waals surface area (Å²) in [5.74, 6) is -1.95. The van der Waals surface area contributed by atoms with Gasteiger partial charge in [-0.2, -0.15) is 17.6 Å². The maximum atomic E-state index is 13.0. The van der Waals surface area contributed by atoms with Crippen LogP contribution < -0.4 is 9.47 Å². The molecule has 0 saturated carbocycles. The van der Waals surface area contributed by atoms with Gasteiger partial charge in [0.1, 0.15) is 0 Å². The van der Waals surface area contributed by atoms with Crippen molar-refractivity contribution in [1.29, 1.82) is 0 Å². The molecule has 110 valence electrons. The van der Waals surface area contributed by atoms with E-state index in [1.807, 2.05) is 0 Å². The van der Waals surface area contributed by atoms with E-state index in [1.54, 1.807) is 0 Å². The molecule has 1 N–H and O–H groups in total. The van der Waals surface area contributed by atoms with Gasteiger partial charge < -0.3 is 14.6 Å². The molecule has 0 radical (unpaired) electrons. The number of hydrogen-bond donors (Lipinski definition) is 1. The maximum absolute atomic E-state index is 13.0. The van der Waals surface area contributed by atoms with E-state index in [1.165, 1.54) is 6.07 Å². The van der Waals surface area contributed by atoms with Crippen molar-refractivity contribution in [3.63, 3.8) is 0 Å². The third-order valence-corrected chi connectivity index (χ3v) is 2.68. The zero-order valence-electron chi connectivity index (χ0n) is 10.0. The molecule has 1 heterocycles. The number of carbonyl (C=O) groups is 1. The summed E-state index contributed by atoms with van der Waals surface area (Å²) in [6.07, 6.45) is -8.97. The molecule has 0 fully saturated rings. The molecule has 0 spiro atoms. The van der Waals surface area contributed by atoms with E-state index in [-0.39, 0.29) is 6.42 Å². The van der Waals surface area contributed by atoms with E-state index in [9.17, 15) is 22.4 Å². The van der Waals surface area contributed by atoms with E-state index in [0.29, 0.717) is 18.4 Å². The van der Waals surface area contributed by atoms with Gasteiger partial charge >= 0.3 is 18.2 Å². The Hall–Kier alpha value is -1.99. The van der Waals surface area contributed by atoms with Gasteiger partial charge in [-0.25, -0.2) is 0 Å². The average Bonchev–Trinajstić information content (AvgIpc) is 2.29. The fourth-order valence-corrected chi connectivity index (χ4v) is 1.71. The van der Waals surface area contributed by atoms with Gasteiger partial charge in [-0.3, -0.25) is 4.79 Å². The van der Waals surface area contributed by atoms with Gasteiger partial charge in [0.25, 0.3) is 0 Å². The number of benzene rings is 1. The first-order valence-electron chi connectivity index (χ1n) is 5.70. The lowest BCUT2D eigenvalue weighted by Crippen LogP contribution is -2.52. The number of rotatable bonds is 4. The molecule has 0 bridgehead atoms. The lowest BCUT2D eigenvalue weighted by Gasteiger charge is -2.31. The van der Waals surface area contributed by atoms with Crippen molar-refractivity contribution in [1.82, 2.24) is 0 Å². The number of halogens is 4. The standard InChI is InChI=1S/C12H10F4O4/c13-11(14)12(15,16)20-9-6-7(2-1-3-10(17)18)4-5-8(9)19-11/h4-6H,1-3H2,(H,17,18). The second kappa shape index (κ2) is 4.84. The lowest BCUT2D eigenvalue weighted by molar-refractivity contribution is -0.391. The highest BCUT2D eigenvalue weighted by Crippen LogP contribution is 2.47. The zero-order chi connectivity index (χ0) is 15.0. The molecule has 0 aromatic heterocycles. The SMILES string of the molecule is O=C(O)CCCc1ccc2c(c1)OC(F)(F)C(F)(F)O2. The predicted octanol–water partition coefficient (Wildman–Crippen LogP) is 3.05. The van der Waals surface area contributed by atoms with Gasteiger partial charge in [0.15, 0.2) is 11.5 Å². The molecular weight excluding hydrogens is 284 g/mol. The molecule has 0 unspecified atom stereocenters. The van der Waals surface area contributed by atoms with E-state index in [2.05, 4.69) is 9.47 Å². The number of hydrogen-bond acceptors (Lipinski definition) is 3. The van der Waals surface area contributed by atoms with E-state index in [4.69, 9.17) is 5.11 Å². The maximum Gasteiger partial charge on any atom is 0.507 e. The van der Waals surface area contributed by atoms with Crippen LogP contribution in [-0.4, -0.2) is 23.3 Å². The van der Waals surface area contributed by atoms with Crippen LogP contribution in [0.5, 0.6) is 11.5 Å². The van der Waals surface area contributed by atoms with E-state index >= 15 is 0 Å². The second-order valence-corrected chi connectivity index (χ2v) is 4.27. The second-order valence-electron chi connectivity index (χ2n) is 4.27. The Morgan fingerprint density at radius 2 is 1.70 bits per heavy atom. The first kappa shape index (κ1) is 14.4. The summed E-state index contributed by atoms with van der Waals surface area (Å²) < 4.78 is 59.6. The third-order valence-electron chi connectivity index (χ3n) is 2.68. The molecule has 0 atom stereocenters. The molecule has 1 aromatic rings. The summed E-state index contributed by atoms with van der Waals surface area (Å²) >= 11 is 0. The Bertz CT molecular complexity index is 530. The average molecular weight is 294 g/mol. The van der Waals surface area contributed by atoms with Crippen molar-refractivity contribution in [2.45, 2.75) is 31.5 Å². The fourth-order valence-electron chi connectivity index (χ4n) is 1.71. The van der Waals surface area contributed by atoms with Crippen LogP contribution in [0.25, 0.3) is 0 Å². The quantitative estimate of drug-likeness (QED) is 0.867. The Balaban J connectivity index is 2.15. The molecule has 1 aromatic carbocycles. The lowest BCUT2D eigenvalue weighted by atomic mass is 10.1. The molecule has 20 heavy (non-hydrogen) atoms. The minimum Gasteiger partial charge on any atom is -0.481 e.